The van der Waals surface area contributed by atoms with Crippen LogP contribution in [0.2, 0.25) is 0 Å². The Bertz CT molecular complexity index is 446. The average molecular weight is 187 g/mol. The van der Waals surface area contributed by atoms with Crippen molar-refractivity contribution in [2.45, 2.75) is 0 Å². The molecule has 0 fully saturated rings. The minimum atomic E-state index is 0.593. The first kappa shape index (κ1) is 8.43. The van der Waals surface area contributed by atoms with Crippen LogP contribution in [0.3, 0.4) is 0 Å². The number of anilines is 1. The van der Waals surface area contributed by atoms with Crippen LogP contribution < -0.4 is 5.73 Å². The summed E-state index contributed by atoms with van der Waals surface area (Å²) in [6.45, 7) is 3.68. The summed E-state index contributed by atoms with van der Waals surface area (Å²) < 4.78 is 0. The maximum atomic E-state index is 5.60. The first-order valence-corrected chi connectivity index (χ1v) is 4.06. The standard InChI is InChI=1S/C9H9N5/c1-2-7-5-8(10)6-11-9(7)14-12-3-4-13-14/h2-6H,1,10H2. The number of nitrogens with two attached hydrogens (primary N) is 1. The van der Waals surface area contributed by atoms with Crippen molar-refractivity contribution in [1.29, 1.82) is 0 Å². The molecule has 0 atom stereocenters. The van der Waals surface area contributed by atoms with E-state index in [0.29, 0.717) is 11.5 Å². The number of nitrogens with zero attached hydrogens (tertiary/aromatic N) is 4. The van der Waals surface area contributed by atoms with E-state index in [-0.39, 0.29) is 0 Å². The van der Waals surface area contributed by atoms with E-state index in [2.05, 4.69) is 21.8 Å². The van der Waals surface area contributed by atoms with E-state index in [4.69, 9.17) is 5.73 Å². The van der Waals surface area contributed by atoms with Gasteiger partial charge in [0.1, 0.15) is 0 Å². The van der Waals surface area contributed by atoms with Gasteiger partial charge in [-0.2, -0.15) is 10.2 Å². The molecule has 0 radical (unpaired) electrons. The predicted octanol–water partition coefficient (Wildman–Crippen LogP) is 0.887. The summed E-state index contributed by atoms with van der Waals surface area (Å²) in [4.78, 5) is 5.56. The van der Waals surface area contributed by atoms with E-state index < -0.39 is 0 Å². The summed E-state index contributed by atoms with van der Waals surface area (Å²) >= 11 is 0. The Morgan fingerprint density at radius 3 is 2.71 bits per heavy atom. The molecule has 0 aliphatic rings. The van der Waals surface area contributed by atoms with Crippen molar-refractivity contribution in [2.75, 3.05) is 5.73 Å². The molecule has 14 heavy (non-hydrogen) atoms. The lowest BCUT2D eigenvalue weighted by Crippen LogP contribution is -2.04. The van der Waals surface area contributed by atoms with Crippen LogP contribution in [0.25, 0.3) is 11.9 Å². The SMILES string of the molecule is C=Cc1cc(N)cnc1-n1nccn1. The van der Waals surface area contributed by atoms with Crippen molar-refractivity contribution in [1.82, 2.24) is 20.0 Å². The second-order valence-electron chi connectivity index (χ2n) is 2.70. The van der Waals surface area contributed by atoms with Gasteiger partial charge in [-0.15, -0.1) is 4.80 Å². The van der Waals surface area contributed by atoms with Gasteiger partial charge in [-0.25, -0.2) is 4.98 Å². The van der Waals surface area contributed by atoms with E-state index in [9.17, 15) is 0 Å². The van der Waals surface area contributed by atoms with Crippen LogP contribution in [-0.2, 0) is 0 Å². The summed E-state index contributed by atoms with van der Waals surface area (Å²) in [6.07, 6.45) is 6.41. The van der Waals surface area contributed by atoms with E-state index in [1.807, 2.05) is 0 Å². The molecule has 0 bridgehead atoms. The molecule has 0 aliphatic heterocycles. The Labute approximate surface area is 80.9 Å². The van der Waals surface area contributed by atoms with Gasteiger partial charge in [-0.1, -0.05) is 12.7 Å². The molecule has 0 aromatic carbocycles. The maximum Gasteiger partial charge on any atom is 0.181 e. The molecule has 5 nitrogen and oxygen atoms in total. The zero-order chi connectivity index (χ0) is 9.97. The zero-order valence-electron chi connectivity index (χ0n) is 7.46. The lowest BCUT2D eigenvalue weighted by atomic mass is 10.2. The van der Waals surface area contributed by atoms with Crippen LogP contribution >= 0.6 is 0 Å². The molecule has 2 aromatic heterocycles. The lowest BCUT2D eigenvalue weighted by Gasteiger charge is -2.03. The second-order valence-corrected chi connectivity index (χ2v) is 2.70. The fourth-order valence-electron chi connectivity index (χ4n) is 1.13. The monoisotopic (exact) mass is 187 g/mol. The Morgan fingerprint density at radius 2 is 2.07 bits per heavy atom. The highest BCUT2D eigenvalue weighted by Crippen LogP contribution is 2.13. The molecule has 2 aromatic rings. The van der Waals surface area contributed by atoms with Gasteiger partial charge in [0.05, 0.1) is 24.3 Å². The normalized spacial score (nSPS) is 10.0. The molecular weight excluding hydrogens is 178 g/mol. The fraction of sp³-hybridized carbons (Fsp3) is 0. The minimum absolute atomic E-state index is 0.593. The molecule has 0 unspecified atom stereocenters. The molecule has 5 heteroatoms. The Morgan fingerprint density at radius 1 is 1.36 bits per heavy atom. The van der Waals surface area contributed by atoms with Gasteiger partial charge in [0.25, 0.3) is 0 Å². The van der Waals surface area contributed by atoms with Crippen molar-refractivity contribution in [3.05, 3.63) is 36.8 Å². The van der Waals surface area contributed by atoms with Crippen molar-refractivity contribution >= 4 is 11.8 Å². The van der Waals surface area contributed by atoms with Crippen molar-refractivity contribution in [2.24, 2.45) is 0 Å². The molecule has 2 rings (SSSR count). The number of rotatable bonds is 2. The molecule has 0 saturated heterocycles. The number of aromatic nitrogens is 4. The third-order valence-corrected chi connectivity index (χ3v) is 1.74. The van der Waals surface area contributed by atoms with Crippen LogP contribution in [0.5, 0.6) is 0 Å². The number of pyridine rings is 1. The van der Waals surface area contributed by atoms with Gasteiger partial charge in [0.2, 0.25) is 0 Å². The smallest absolute Gasteiger partial charge is 0.181 e. The average Bonchev–Trinajstić information content (AvgIpc) is 2.70. The highest BCUT2D eigenvalue weighted by Gasteiger charge is 2.04. The topological polar surface area (TPSA) is 69.6 Å². The number of hydrogen-bond donors (Lipinski definition) is 1. The fourth-order valence-corrected chi connectivity index (χ4v) is 1.13. The van der Waals surface area contributed by atoms with Gasteiger partial charge in [0.15, 0.2) is 5.82 Å². The molecule has 0 saturated carbocycles. The Kier molecular flexibility index (Phi) is 1.98. The first-order chi connectivity index (χ1) is 6.81. The summed E-state index contributed by atoms with van der Waals surface area (Å²) in [5, 5.41) is 7.96. The first-order valence-electron chi connectivity index (χ1n) is 4.06. The zero-order valence-corrected chi connectivity index (χ0v) is 7.46. The largest absolute Gasteiger partial charge is 0.397 e. The minimum Gasteiger partial charge on any atom is -0.397 e. The Hall–Kier alpha value is -2.17. The van der Waals surface area contributed by atoms with Gasteiger partial charge in [-0.3, -0.25) is 0 Å². The van der Waals surface area contributed by atoms with Gasteiger partial charge in [-0.05, 0) is 6.07 Å². The highest BCUT2D eigenvalue weighted by atomic mass is 15.5. The van der Waals surface area contributed by atoms with Gasteiger partial charge in [0, 0.05) is 5.56 Å². The van der Waals surface area contributed by atoms with E-state index in [0.717, 1.165) is 5.56 Å². The van der Waals surface area contributed by atoms with Gasteiger partial charge >= 0.3 is 0 Å². The van der Waals surface area contributed by atoms with Crippen LogP contribution in [0.4, 0.5) is 5.69 Å². The molecule has 2 N–H and O–H groups in total. The molecule has 0 amide bonds. The van der Waals surface area contributed by atoms with Gasteiger partial charge < -0.3 is 5.73 Å². The molecule has 0 spiro atoms. The third kappa shape index (κ3) is 1.35. The number of hydrogen-bond acceptors (Lipinski definition) is 4. The van der Waals surface area contributed by atoms with Crippen molar-refractivity contribution in [3.8, 4) is 5.82 Å². The molecule has 0 aliphatic carbocycles. The summed E-state index contributed by atoms with van der Waals surface area (Å²) in [7, 11) is 0. The van der Waals surface area contributed by atoms with Crippen LogP contribution in [-0.4, -0.2) is 20.0 Å². The summed E-state index contributed by atoms with van der Waals surface area (Å²) in [5.41, 5.74) is 7.00. The molecular formula is C9H9N5. The lowest BCUT2D eigenvalue weighted by molar-refractivity contribution is 0.728. The quantitative estimate of drug-likeness (QED) is 0.757. The van der Waals surface area contributed by atoms with E-state index >= 15 is 0 Å². The summed E-state index contributed by atoms with van der Waals surface area (Å²) in [5.74, 6) is 0.624. The van der Waals surface area contributed by atoms with E-state index in [1.165, 1.54) is 4.80 Å². The third-order valence-electron chi connectivity index (χ3n) is 1.74. The molecule has 2 heterocycles. The van der Waals surface area contributed by atoms with E-state index in [1.54, 1.807) is 30.7 Å². The van der Waals surface area contributed by atoms with Crippen molar-refractivity contribution < 1.29 is 0 Å². The molecule has 70 valence electrons. The second kappa shape index (κ2) is 3.29. The van der Waals surface area contributed by atoms with Crippen LogP contribution in [0, 0.1) is 0 Å². The van der Waals surface area contributed by atoms with Crippen molar-refractivity contribution in [3.63, 3.8) is 0 Å². The highest BCUT2D eigenvalue weighted by molar-refractivity contribution is 5.60. The maximum absolute atomic E-state index is 5.60. The van der Waals surface area contributed by atoms with Crippen LogP contribution in [0.1, 0.15) is 5.56 Å². The summed E-state index contributed by atoms with van der Waals surface area (Å²) in [6, 6.07) is 1.78. The predicted molar refractivity (Wildman–Crippen MR) is 53.7 cm³/mol. The number of nitrogen functional groups attached to an aromatic ring is 1. The van der Waals surface area contributed by atoms with Crippen LogP contribution in [0.15, 0.2) is 31.2 Å². The Balaban J connectivity index is 2.58.